The Bertz CT molecular complexity index is 928. The van der Waals surface area contributed by atoms with Crippen LogP contribution in [0.2, 0.25) is 0 Å². The maximum atomic E-state index is 12.2. The zero-order chi connectivity index (χ0) is 19.4. The van der Waals surface area contributed by atoms with Crippen LogP contribution in [0, 0.1) is 6.92 Å². The van der Waals surface area contributed by atoms with Crippen molar-refractivity contribution in [3.63, 3.8) is 0 Å². The average molecular weight is 403 g/mol. The number of thiazole rings is 1. The number of hydrogen-bond acceptors (Lipinski definition) is 7. The van der Waals surface area contributed by atoms with Crippen LogP contribution in [0.5, 0.6) is 0 Å². The molecule has 142 valence electrons. The van der Waals surface area contributed by atoms with E-state index in [-0.39, 0.29) is 17.7 Å². The van der Waals surface area contributed by atoms with Crippen molar-refractivity contribution in [3.05, 3.63) is 51.8 Å². The third kappa shape index (κ3) is 5.40. The average Bonchev–Trinajstić information content (AvgIpc) is 3.24. The Labute approximate surface area is 166 Å². The van der Waals surface area contributed by atoms with E-state index in [1.165, 1.54) is 23.1 Å². The molecule has 0 aliphatic heterocycles. The van der Waals surface area contributed by atoms with Crippen molar-refractivity contribution < 1.29 is 9.21 Å². The minimum absolute atomic E-state index is 0.0652. The number of aromatic nitrogens is 3. The van der Waals surface area contributed by atoms with E-state index in [2.05, 4.69) is 20.5 Å². The van der Waals surface area contributed by atoms with E-state index >= 15 is 0 Å². The van der Waals surface area contributed by atoms with Gasteiger partial charge in [-0.2, -0.15) is 0 Å². The van der Waals surface area contributed by atoms with Crippen molar-refractivity contribution in [2.75, 3.05) is 5.32 Å². The van der Waals surface area contributed by atoms with Crippen molar-refractivity contribution in [1.82, 2.24) is 15.2 Å². The number of nitrogens with one attached hydrogen (secondary N) is 1. The Kier molecular flexibility index (Phi) is 5.96. The fourth-order valence-corrected chi connectivity index (χ4v) is 3.80. The highest BCUT2D eigenvalue weighted by molar-refractivity contribution is 7.98. The van der Waals surface area contributed by atoms with E-state index in [4.69, 9.17) is 4.42 Å². The van der Waals surface area contributed by atoms with Gasteiger partial charge in [-0.3, -0.25) is 4.79 Å². The second kappa shape index (κ2) is 8.22. The molecule has 1 N–H and O–H groups in total. The molecule has 1 aromatic carbocycles. The lowest BCUT2D eigenvalue weighted by Crippen LogP contribution is -2.15. The summed E-state index contributed by atoms with van der Waals surface area (Å²) < 4.78 is 5.67. The largest absolute Gasteiger partial charge is 0.415 e. The number of nitrogens with zero attached hydrogens (tertiary/aromatic N) is 3. The van der Waals surface area contributed by atoms with Gasteiger partial charge in [0.05, 0.1) is 12.1 Å². The molecule has 3 rings (SSSR count). The van der Waals surface area contributed by atoms with Gasteiger partial charge in [-0.15, -0.1) is 21.5 Å². The molecular formula is C19H22N4O2S2. The van der Waals surface area contributed by atoms with E-state index in [9.17, 15) is 4.79 Å². The van der Waals surface area contributed by atoms with Crippen molar-refractivity contribution in [2.24, 2.45) is 0 Å². The number of para-hydroxylation sites is 1. The monoisotopic (exact) mass is 402 g/mol. The molecule has 3 aromatic rings. The topological polar surface area (TPSA) is 80.9 Å². The van der Waals surface area contributed by atoms with Gasteiger partial charge in [-0.1, -0.05) is 50.7 Å². The van der Waals surface area contributed by atoms with E-state index in [0.717, 1.165) is 22.0 Å². The molecule has 2 aromatic heterocycles. The van der Waals surface area contributed by atoms with Gasteiger partial charge >= 0.3 is 0 Å². The van der Waals surface area contributed by atoms with Gasteiger partial charge in [0, 0.05) is 22.2 Å². The lowest BCUT2D eigenvalue weighted by atomic mass is 9.97. The molecule has 0 atom stereocenters. The van der Waals surface area contributed by atoms with Crippen LogP contribution in [-0.2, 0) is 22.4 Å². The number of thioether (sulfide) groups is 1. The number of rotatable bonds is 6. The number of carbonyl (C=O) groups excluding carboxylic acids is 1. The lowest BCUT2D eigenvalue weighted by Gasteiger charge is -2.10. The molecule has 0 saturated carbocycles. The number of hydrogen-bond donors (Lipinski definition) is 1. The highest BCUT2D eigenvalue weighted by atomic mass is 32.2. The van der Waals surface area contributed by atoms with Crippen LogP contribution in [0.1, 0.15) is 42.9 Å². The van der Waals surface area contributed by atoms with Crippen molar-refractivity contribution in [2.45, 2.75) is 50.5 Å². The summed E-state index contributed by atoms with van der Waals surface area (Å²) in [5.41, 5.74) is 2.61. The van der Waals surface area contributed by atoms with Crippen LogP contribution in [0.25, 0.3) is 0 Å². The quantitative estimate of drug-likeness (QED) is 0.607. The van der Waals surface area contributed by atoms with Crippen LogP contribution >= 0.6 is 23.1 Å². The summed E-state index contributed by atoms with van der Waals surface area (Å²) in [5.74, 6) is 1.18. The molecule has 0 saturated heterocycles. The molecule has 0 fully saturated rings. The predicted molar refractivity (Wildman–Crippen MR) is 108 cm³/mol. The zero-order valence-electron chi connectivity index (χ0n) is 15.8. The standard InChI is InChI=1S/C19H22N4O2S2/c1-12-7-5-6-8-14(12)21-15(24)9-16-20-13(10-26-16)11-27-18-23-22-17(25-18)19(2,3)4/h5-8,10H,9,11H2,1-4H3,(H,21,24). The number of benzene rings is 1. The Morgan fingerprint density at radius 2 is 2.04 bits per heavy atom. The molecule has 0 spiro atoms. The summed E-state index contributed by atoms with van der Waals surface area (Å²) in [7, 11) is 0. The molecule has 0 unspecified atom stereocenters. The normalized spacial score (nSPS) is 11.6. The molecule has 6 nitrogen and oxygen atoms in total. The van der Waals surface area contributed by atoms with Gasteiger partial charge in [0.15, 0.2) is 0 Å². The summed E-state index contributed by atoms with van der Waals surface area (Å²) in [6.45, 7) is 8.06. The van der Waals surface area contributed by atoms with E-state index in [1.54, 1.807) is 0 Å². The summed E-state index contributed by atoms with van der Waals surface area (Å²) in [6, 6.07) is 7.72. The smallest absolute Gasteiger partial charge is 0.276 e. The van der Waals surface area contributed by atoms with Crippen molar-refractivity contribution >= 4 is 34.7 Å². The Balaban J connectivity index is 1.53. The van der Waals surface area contributed by atoms with E-state index < -0.39 is 0 Å². The summed E-state index contributed by atoms with van der Waals surface area (Å²) in [4.78, 5) is 16.8. The molecule has 8 heteroatoms. The molecular weight excluding hydrogens is 380 g/mol. The third-order valence-corrected chi connectivity index (χ3v) is 5.47. The highest BCUT2D eigenvalue weighted by Crippen LogP contribution is 2.27. The molecule has 0 radical (unpaired) electrons. The van der Waals surface area contributed by atoms with Crippen LogP contribution in [0.3, 0.4) is 0 Å². The maximum absolute atomic E-state index is 12.2. The molecule has 0 aliphatic rings. The molecule has 27 heavy (non-hydrogen) atoms. The summed E-state index contributed by atoms with van der Waals surface area (Å²) >= 11 is 2.94. The Morgan fingerprint density at radius 1 is 1.26 bits per heavy atom. The fraction of sp³-hybridized carbons (Fsp3) is 0.368. The maximum Gasteiger partial charge on any atom is 0.276 e. The first-order valence-electron chi connectivity index (χ1n) is 8.57. The summed E-state index contributed by atoms with van der Waals surface area (Å²) in [5, 5.41) is 14.4. The number of anilines is 1. The van der Waals surface area contributed by atoms with Gasteiger partial charge < -0.3 is 9.73 Å². The molecule has 0 aliphatic carbocycles. The van der Waals surface area contributed by atoms with Crippen LogP contribution in [-0.4, -0.2) is 21.1 Å². The van der Waals surface area contributed by atoms with Gasteiger partial charge in [0.25, 0.3) is 5.22 Å². The minimum Gasteiger partial charge on any atom is -0.415 e. The van der Waals surface area contributed by atoms with Gasteiger partial charge in [0.1, 0.15) is 5.01 Å². The first-order valence-corrected chi connectivity index (χ1v) is 10.4. The molecule has 1 amide bonds. The first-order chi connectivity index (χ1) is 12.8. The number of aryl methyl sites for hydroxylation is 1. The van der Waals surface area contributed by atoms with Gasteiger partial charge in [-0.25, -0.2) is 4.98 Å². The first kappa shape index (κ1) is 19.6. The third-order valence-electron chi connectivity index (χ3n) is 3.72. The SMILES string of the molecule is Cc1ccccc1NC(=O)Cc1nc(CSc2nnc(C(C)(C)C)o2)cs1. The fourth-order valence-electron chi connectivity index (χ4n) is 2.25. The lowest BCUT2D eigenvalue weighted by molar-refractivity contribution is -0.115. The van der Waals surface area contributed by atoms with Crippen LogP contribution < -0.4 is 5.32 Å². The van der Waals surface area contributed by atoms with Crippen LogP contribution in [0.15, 0.2) is 39.3 Å². The molecule has 2 heterocycles. The van der Waals surface area contributed by atoms with E-state index in [1.807, 2.05) is 57.3 Å². The second-order valence-corrected chi connectivity index (χ2v) is 9.05. The Hall–Kier alpha value is -2.19. The molecule has 0 bridgehead atoms. The number of amides is 1. The van der Waals surface area contributed by atoms with Crippen molar-refractivity contribution in [1.29, 1.82) is 0 Å². The second-order valence-electron chi connectivity index (χ2n) is 7.18. The predicted octanol–water partition coefficient (Wildman–Crippen LogP) is 4.61. The highest BCUT2D eigenvalue weighted by Gasteiger charge is 2.21. The van der Waals surface area contributed by atoms with Gasteiger partial charge in [-0.05, 0) is 18.6 Å². The van der Waals surface area contributed by atoms with Crippen molar-refractivity contribution in [3.8, 4) is 0 Å². The zero-order valence-corrected chi connectivity index (χ0v) is 17.4. The minimum atomic E-state index is -0.163. The van der Waals surface area contributed by atoms with Crippen LogP contribution in [0.4, 0.5) is 5.69 Å². The summed E-state index contributed by atoms with van der Waals surface area (Å²) in [6.07, 6.45) is 0.262. The van der Waals surface area contributed by atoms with E-state index in [0.29, 0.717) is 16.9 Å². The Morgan fingerprint density at radius 3 is 2.74 bits per heavy atom. The number of carbonyl (C=O) groups is 1. The van der Waals surface area contributed by atoms with Gasteiger partial charge in [0.2, 0.25) is 11.8 Å².